The topological polar surface area (TPSA) is 71.4 Å². The Bertz CT molecular complexity index is 305. The second-order valence-corrected chi connectivity index (χ2v) is 6.99. The van der Waals surface area contributed by atoms with E-state index in [0.717, 1.165) is 0 Å². The number of carboxylic acid groups (broad SMARTS) is 1. The van der Waals surface area contributed by atoms with E-state index in [1.165, 1.54) is 0 Å². The maximum absolute atomic E-state index is 11.5. The Morgan fingerprint density at radius 2 is 1.67 bits per heavy atom. The van der Waals surface area contributed by atoms with Gasteiger partial charge in [-0.3, -0.25) is 4.79 Å². The summed E-state index contributed by atoms with van der Waals surface area (Å²) in [6.45, 7) is 6.66. The van der Waals surface area contributed by atoms with E-state index in [0.29, 0.717) is 6.42 Å². The van der Waals surface area contributed by atoms with Crippen LogP contribution in [0.25, 0.3) is 0 Å². The quantitative estimate of drug-likeness (QED) is 0.759. The Labute approximate surface area is 91.6 Å². The molecule has 0 rings (SSSR count). The van der Waals surface area contributed by atoms with E-state index in [4.69, 9.17) is 5.11 Å². The van der Waals surface area contributed by atoms with Crippen LogP contribution in [0.15, 0.2) is 0 Å². The number of hydrogen-bond acceptors (Lipinski definition) is 3. The van der Waals surface area contributed by atoms with Crippen LogP contribution in [0.2, 0.25) is 0 Å². The molecule has 0 bridgehead atoms. The second kappa shape index (κ2) is 5.49. The van der Waals surface area contributed by atoms with Crippen LogP contribution < -0.4 is 0 Å². The summed E-state index contributed by atoms with van der Waals surface area (Å²) < 4.78 is 23.0. The zero-order chi connectivity index (χ0) is 12.2. The molecule has 15 heavy (non-hydrogen) atoms. The van der Waals surface area contributed by atoms with Crippen LogP contribution >= 0.6 is 0 Å². The maximum atomic E-state index is 11.5. The maximum Gasteiger partial charge on any atom is 0.306 e. The highest BCUT2D eigenvalue weighted by atomic mass is 32.2. The zero-order valence-corrected chi connectivity index (χ0v) is 10.5. The molecule has 0 aromatic carbocycles. The Morgan fingerprint density at radius 3 is 2.00 bits per heavy atom. The van der Waals surface area contributed by atoms with E-state index in [-0.39, 0.29) is 16.9 Å². The van der Waals surface area contributed by atoms with Gasteiger partial charge in [-0.1, -0.05) is 13.8 Å². The number of hydrogen-bond donors (Lipinski definition) is 1. The average Bonchev–Trinajstić information content (AvgIpc) is 2.12. The lowest BCUT2D eigenvalue weighted by Crippen LogP contribution is -2.24. The normalized spacial score (nSPS) is 16.3. The zero-order valence-electron chi connectivity index (χ0n) is 9.73. The first kappa shape index (κ1) is 14.4. The molecule has 5 heteroatoms. The first-order valence-corrected chi connectivity index (χ1v) is 6.84. The summed E-state index contributed by atoms with van der Waals surface area (Å²) in [6, 6.07) is 0. The molecule has 4 nitrogen and oxygen atoms in total. The molecule has 2 atom stereocenters. The van der Waals surface area contributed by atoms with Crippen LogP contribution in [-0.4, -0.2) is 30.5 Å². The van der Waals surface area contributed by atoms with E-state index < -0.39 is 21.7 Å². The second-order valence-electron chi connectivity index (χ2n) is 4.31. The molecule has 2 unspecified atom stereocenters. The summed E-state index contributed by atoms with van der Waals surface area (Å²) in [6.07, 6.45) is 0.411. The summed E-state index contributed by atoms with van der Waals surface area (Å²) in [5, 5.41) is 8.36. The predicted octanol–water partition coefficient (Wildman–Crippen LogP) is 1.56. The molecule has 0 radical (unpaired) electrons. The summed E-state index contributed by atoms with van der Waals surface area (Å²) >= 11 is 0. The minimum absolute atomic E-state index is 0.0729. The molecule has 0 aromatic heterocycles. The van der Waals surface area contributed by atoms with Gasteiger partial charge in [-0.25, -0.2) is 8.42 Å². The molecule has 0 aromatic rings. The number of carbonyl (C=O) groups is 1. The molecular weight excluding hydrogens is 216 g/mol. The van der Waals surface area contributed by atoms with Crippen molar-refractivity contribution in [2.75, 3.05) is 5.75 Å². The summed E-state index contributed by atoms with van der Waals surface area (Å²) in [5.41, 5.74) is 0. The van der Waals surface area contributed by atoms with Gasteiger partial charge < -0.3 is 5.11 Å². The fourth-order valence-corrected chi connectivity index (χ4v) is 2.25. The summed E-state index contributed by atoms with van der Waals surface area (Å²) in [5.74, 6) is -1.41. The van der Waals surface area contributed by atoms with E-state index in [1.807, 2.05) is 0 Å². The molecule has 0 fully saturated rings. The van der Waals surface area contributed by atoms with Crippen molar-refractivity contribution in [3.63, 3.8) is 0 Å². The molecular formula is C10H20O4S. The van der Waals surface area contributed by atoms with Gasteiger partial charge in [-0.15, -0.1) is 0 Å². The average molecular weight is 236 g/mol. The highest BCUT2D eigenvalue weighted by molar-refractivity contribution is 7.91. The van der Waals surface area contributed by atoms with Crippen LogP contribution in [0.3, 0.4) is 0 Å². The van der Waals surface area contributed by atoms with Gasteiger partial charge >= 0.3 is 5.97 Å². The molecule has 0 spiro atoms. The molecule has 0 heterocycles. The van der Waals surface area contributed by atoms with Crippen LogP contribution in [0.4, 0.5) is 0 Å². The van der Waals surface area contributed by atoms with Gasteiger partial charge in [0.25, 0.3) is 0 Å². The van der Waals surface area contributed by atoms with Crippen molar-refractivity contribution in [1.82, 2.24) is 0 Å². The van der Waals surface area contributed by atoms with Gasteiger partial charge in [0.05, 0.1) is 16.9 Å². The van der Waals surface area contributed by atoms with Gasteiger partial charge in [0, 0.05) is 0 Å². The third-order valence-corrected chi connectivity index (χ3v) is 5.06. The van der Waals surface area contributed by atoms with Gasteiger partial charge in [-0.05, 0) is 26.2 Å². The molecule has 90 valence electrons. The molecule has 0 saturated heterocycles. The van der Waals surface area contributed by atoms with Gasteiger partial charge in [0.2, 0.25) is 0 Å². The fourth-order valence-electron chi connectivity index (χ4n) is 1.08. The van der Waals surface area contributed by atoms with Crippen LogP contribution in [0, 0.1) is 11.8 Å². The number of sulfone groups is 1. The molecule has 0 aliphatic heterocycles. The van der Waals surface area contributed by atoms with Crippen LogP contribution in [0.1, 0.15) is 34.1 Å². The predicted molar refractivity (Wildman–Crippen MR) is 59.5 cm³/mol. The van der Waals surface area contributed by atoms with Gasteiger partial charge in [0.15, 0.2) is 9.84 Å². The lowest BCUT2D eigenvalue weighted by molar-refractivity contribution is -0.142. The van der Waals surface area contributed by atoms with Crippen LogP contribution in [0.5, 0.6) is 0 Å². The van der Waals surface area contributed by atoms with Crippen molar-refractivity contribution in [1.29, 1.82) is 0 Å². The summed E-state index contributed by atoms with van der Waals surface area (Å²) in [4.78, 5) is 10.6. The lowest BCUT2D eigenvalue weighted by atomic mass is 9.94. The molecule has 0 saturated carbocycles. The molecule has 0 aliphatic rings. The number of rotatable bonds is 6. The lowest BCUT2D eigenvalue weighted by Gasteiger charge is -2.16. The van der Waals surface area contributed by atoms with Crippen molar-refractivity contribution in [2.24, 2.45) is 11.8 Å². The first-order chi connectivity index (χ1) is 6.68. The Morgan fingerprint density at radius 1 is 1.20 bits per heavy atom. The Balaban J connectivity index is 4.24. The monoisotopic (exact) mass is 236 g/mol. The van der Waals surface area contributed by atoms with Crippen molar-refractivity contribution >= 4 is 15.8 Å². The minimum Gasteiger partial charge on any atom is -0.481 e. The Kier molecular flexibility index (Phi) is 5.28. The first-order valence-electron chi connectivity index (χ1n) is 5.13. The molecule has 1 N–H and O–H groups in total. The smallest absolute Gasteiger partial charge is 0.306 e. The van der Waals surface area contributed by atoms with E-state index >= 15 is 0 Å². The SMILES string of the molecule is CC(CCS(=O)(=O)C(C)C)C(C)C(=O)O. The van der Waals surface area contributed by atoms with Crippen molar-refractivity contribution in [2.45, 2.75) is 39.4 Å². The molecule has 0 aliphatic carbocycles. The van der Waals surface area contributed by atoms with Crippen molar-refractivity contribution in [3.8, 4) is 0 Å². The highest BCUT2D eigenvalue weighted by Gasteiger charge is 2.23. The van der Waals surface area contributed by atoms with E-state index in [1.54, 1.807) is 27.7 Å². The highest BCUT2D eigenvalue weighted by Crippen LogP contribution is 2.17. The minimum atomic E-state index is -3.05. The Hall–Kier alpha value is -0.580. The largest absolute Gasteiger partial charge is 0.481 e. The number of aliphatic carboxylic acids is 1. The third kappa shape index (κ3) is 4.64. The van der Waals surface area contributed by atoms with Gasteiger partial charge in [-0.2, -0.15) is 0 Å². The van der Waals surface area contributed by atoms with Crippen molar-refractivity contribution < 1.29 is 18.3 Å². The van der Waals surface area contributed by atoms with Gasteiger partial charge in [0.1, 0.15) is 0 Å². The fraction of sp³-hybridized carbons (Fsp3) is 0.900. The summed E-state index contributed by atoms with van der Waals surface area (Å²) in [7, 11) is -3.05. The molecule has 0 amide bonds. The van der Waals surface area contributed by atoms with Crippen molar-refractivity contribution in [3.05, 3.63) is 0 Å². The van der Waals surface area contributed by atoms with E-state index in [9.17, 15) is 13.2 Å². The van der Waals surface area contributed by atoms with Crippen LogP contribution in [-0.2, 0) is 14.6 Å². The van der Waals surface area contributed by atoms with E-state index in [2.05, 4.69) is 0 Å². The number of carboxylic acids is 1. The standard InChI is InChI=1S/C10H20O4S/c1-7(2)15(13,14)6-5-8(3)9(4)10(11)12/h7-9H,5-6H2,1-4H3,(H,11,12). The third-order valence-electron chi connectivity index (χ3n) is 2.82.